The van der Waals surface area contributed by atoms with Crippen molar-refractivity contribution in [3.05, 3.63) is 29.3 Å². The van der Waals surface area contributed by atoms with Crippen LogP contribution in [0.3, 0.4) is 0 Å². The van der Waals surface area contributed by atoms with Gasteiger partial charge in [0.2, 0.25) is 5.95 Å². The number of amides is 1. The summed E-state index contributed by atoms with van der Waals surface area (Å²) in [5.41, 5.74) is 1.94. The standard InChI is InChI=1S/C7H4F4N2O/c8-5-4(6(12)14)3(1-2-13-5)7(9,10)11/h1-2H,(H2,12,14). The Bertz CT molecular complexity index is 374. The monoisotopic (exact) mass is 208 g/mol. The van der Waals surface area contributed by atoms with Crippen molar-refractivity contribution in [2.75, 3.05) is 0 Å². The Balaban J connectivity index is 3.44. The van der Waals surface area contributed by atoms with E-state index in [0.29, 0.717) is 12.3 Å². The van der Waals surface area contributed by atoms with Gasteiger partial charge in [-0.25, -0.2) is 4.98 Å². The Morgan fingerprint density at radius 1 is 1.43 bits per heavy atom. The molecule has 1 rings (SSSR count). The second kappa shape index (κ2) is 3.24. The van der Waals surface area contributed by atoms with Gasteiger partial charge in [-0.2, -0.15) is 17.6 Å². The van der Waals surface area contributed by atoms with E-state index in [2.05, 4.69) is 10.7 Å². The molecular weight excluding hydrogens is 204 g/mol. The number of alkyl halides is 3. The first-order chi connectivity index (χ1) is 6.34. The highest BCUT2D eigenvalue weighted by atomic mass is 19.4. The molecule has 1 heterocycles. The van der Waals surface area contributed by atoms with Gasteiger partial charge < -0.3 is 5.73 Å². The summed E-state index contributed by atoms with van der Waals surface area (Å²) in [4.78, 5) is 13.4. The molecule has 7 heteroatoms. The van der Waals surface area contributed by atoms with E-state index in [1.54, 1.807) is 0 Å². The van der Waals surface area contributed by atoms with Crippen molar-refractivity contribution in [3.63, 3.8) is 0 Å². The number of nitrogens with two attached hydrogens (primary N) is 1. The molecule has 14 heavy (non-hydrogen) atoms. The van der Waals surface area contributed by atoms with Crippen LogP contribution < -0.4 is 5.73 Å². The van der Waals surface area contributed by atoms with E-state index in [1.165, 1.54) is 0 Å². The first-order valence-electron chi connectivity index (χ1n) is 3.35. The van der Waals surface area contributed by atoms with Crippen LogP contribution >= 0.6 is 0 Å². The molecule has 0 aliphatic heterocycles. The lowest BCUT2D eigenvalue weighted by atomic mass is 10.1. The fourth-order valence-corrected chi connectivity index (χ4v) is 0.907. The normalized spacial score (nSPS) is 11.4. The maximum Gasteiger partial charge on any atom is 0.417 e. The first kappa shape index (κ1) is 10.4. The van der Waals surface area contributed by atoms with E-state index in [1.807, 2.05) is 0 Å². The summed E-state index contributed by atoms with van der Waals surface area (Å²) in [6.45, 7) is 0. The molecule has 0 aromatic carbocycles. The Morgan fingerprint density at radius 3 is 2.36 bits per heavy atom. The zero-order chi connectivity index (χ0) is 10.9. The van der Waals surface area contributed by atoms with Crippen molar-refractivity contribution >= 4 is 5.91 Å². The number of carbonyl (C=O) groups excluding carboxylic acids is 1. The van der Waals surface area contributed by atoms with Gasteiger partial charge in [0.15, 0.2) is 0 Å². The zero-order valence-electron chi connectivity index (χ0n) is 6.60. The van der Waals surface area contributed by atoms with Gasteiger partial charge in [0.1, 0.15) is 5.56 Å². The lowest BCUT2D eigenvalue weighted by Crippen LogP contribution is -2.21. The SMILES string of the molecule is NC(=O)c1c(C(F)(F)F)ccnc1F. The Kier molecular flexibility index (Phi) is 2.41. The fourth-order valence-electron chi connectivity index (χ4n) is 0.907. The summed E-state index contributed by atoms with van der Waals surface area (Å²) in [7, 11) is 0. The van der Waals surface area contributed by atoms with Crippen LogP contribution in [0.4, 0.5) is 17.6 Å². The fraction of sp³-hybridized carbons (Fsp3) is 0.143. The molecule has 0 bridgehead atoms. The number of rotatable bonds is 1. The van der Waals surface area contributed by atoms with E-state index in [-0.39, 0.29) is 0 Å². The summed E-state index contributed by atoms with van der Waals surface area (Å²) in [6, 6.07) is 0.489. The van der Waals surface area contributed by atoms with E-state index in [9.17, 15) is 22.4 Å². The lowest BCUT2D eigenvalue weighted by Gasteiger charge is -2.09. The van der Waals surface area contributed by atoms with Crippen molar-refractivity contribution in [3.8, 4) is 0 Å². The third-order valence-corrected chi connectivity index (χ3v) is 1.46. The molecule has 0 spiro atoms. The van der Waals surface area contributed by atoms with Crippen LogP contribution in [-0.2, 0) is 6.18 Å². The molecule has 0 aliphatic rings. The third-order valence-electron chi connectivity index (χ3n) is 1.46. The minimum Gasteiger partial charge on any atom is -0.365 e. The average molecular weight is 208 g/mol. The molecule has 76 valence electrons. The smallest absolute Gasteiger partial charge is 0.365 e. The van der Waals surface area contributed by atoms with E-state index in [4.69, 9.17) is 0 Å². The van der Waals surface area contributed by atoms with E-state index >= 15 is 0 Å². The lowest BCUT2D eigenvalue weighted by molar-refractivity contribution is -0.138. The van der Waals surface area contributed by atoms with Crippen LogP contribution in [0.1, 0.15) is 15.9 Å². The zero-order valence-corrected chi connectivity index (χ0v) is 6.60. The second-order valence-corrected chi connectivity index (χ2v) is 2.39. The summed E-state index contributed by atoms with van der Waals surface area (Å²) >= 11 is 0. The van der Waals surface area contributed by atoms with Gasteiger partial charge >= 0.3 is 6.18 Å². The molecule has 1 aromatic heterocycles. The molecule has 1 aromatic rings. The van der Waals surface area contributed by atoms with Crippen LogP contribution in [-0.4, -0.2) is 10.9 Å². The third kappa shape index (κ3) is 1.81. The predicted molar refractivity (Wildman–Crippen MR) is 37.7 cm³/mol. The number of nitrogens with zero attached hydrogens (tertiary/aromatic N) is 1. The molecular formula is C7H4F4N2O. The summed E-state index contributed by atoms with van der Waals surface area (Å²) in [5.74, 6) is -3.02. The van der Waals surface area contributed by atoms with Crippen molar-refractivity contribution in [2.24, 2.45) is 5.73 Å². The Hall–Kier alpha value is -1.66. The molecule has 1 amide bonds. The molecule has 0 saturated heterocycles. The van der Waals surface area contributed by atoms with Gasteiger partial charge in [-0.3, -0.25) is 4.79 Å². The second-order valence-electron chi connectivity index (χ2n) is 2.39. The van der Waals surface area contributed by atoms with Gasteiger partial charge in [-0.15, -0.1) is 0 Å². The number of carbonyl (C=O) groups is 1. The van der Waals surface area contributed by atoms with Crippen molar-refractivity contribution in [2.45, 2.75) is 6.18 Å². The number of primary amides is 1. The maximum atomic E-state index is 12.7. The Labute approximate surface area is 75.5 Å². The minimum absolute atomic E-state index is 0.489. The molecule has 0 aliphatic carbocycles. The summed E-state index contributed by atoms with van der Waals surface area (Å²) < 4.78 is 49.3. The van der Waals surface area contributed by atoms with Gasteiger partial charge in [-0.1, -0.05) is 0 Å². The highest BCUT2D eigenvalue weighted by Crippen LogP contribution is 2.31. The number of pyridine rings is 1. The molecule has 0 radical (unpaired) electrons. The highest BCUT2D eigenvalue weighted by Gasteiger charge is 2.36. The van der Waals surface area contributed by atoms with E-state index in [0.717, 1.165) is 0 Å². The number of hydrogen-bond acceptors (Lipinski definition) is 2. The van der Waals surface area contributed by atoms with Gasteiger partial charge in [0.25, 0.3) is 5.91 Å². The van der Waals surface area contributed by atoms with Gasteiger partial charge in [-0.05, 0) is 6.07 Å². The molecule has 0 unspecified atom stereocenters. The van der Waals surface area contributed by atoms with Gasteiger partial charge in [0.05, 0.1) is 5.56 Å². The number of halogens is 4. The molecule has 3 nitrogen and oxygen atoms in total. The molecule has 0 saturated carbocycles. The van der Waals surface area contributed by atoms with Crippen LogP contribution in [0.25, 0.3) is 0 Å². The van der Waals surface area contributed by atoms with E-state index < -0.39 is 29.2 Å². The molecule has 0 atom stereocenters. The summed E-state index contributed by atoms with van der Waals surface area (Å²) in [6.07, 6.45) is -4.21. The quantitative estimate of drug-likeness (QED) is 0.559. The van der Waals surface area contributed by atoms with Crippen LogP contribution in [0.15, 0.2) is 12.3 Å². The molecule has 0 fully saturated rings. The average Bonchev–Trinajstić information content (AvgIpc) is 2.01. The van der Waals surface area contributed by atoms with Crippen LogP contribution in [0, 0.1) is 5.95 Å². The van der Waals surface area contributed by atoms with Gasteiger partial charge in [0, 0.05) is 6.20 Å². The number of aromatic nitrogens is 1. The van der Waals surface area contributed by atoms with Crippen molar-refractivity contribution in [1.29, 1.82) is 0 Å². The topological polar surface area (TPSA) is 56.0 Å². The highest BCUT2D eigenvalue weighted by molar-refractivity contribution is 5.94. The first-order valence-corrected chi connectivity index (χ1v) is 3.35. The predicted octanol–water partition coefficient (Wildman–Crippen LogP) is 1.34. The largest absolute Gasteiger partial charge is 0.417 e. The van der Waals surface area contributed by atoms with Crippen LogP contribution in [0.5, 0.6) is 0 Å². The maximum absolute atomic E-state index is 12.7. The van der Waals surface area contributed by atoms with Crippen molar-refractivity contribution in [1.82, 2.24) is 4.98 Å². The molecule has 2 N–H and O–H groups in total. The Morgan fingerprint density at radius 2 is 2.00 bits per heavy atom. The minimum atomic E-state index is -4.83. The summed E-state index contributed by atoms with van der Waals surface area (Å²) in [5, 5.41) is 0. The van der Waals surface area contributed by atoms with Crippen molar-refractivity contribution < 1.29 is 22.4 Å². The number of hydrogen-bond donors (Lipinski definition) is 1. The van der Waals surface area contributed by atoms with Crippen LogP contribution in [0.2, 0.25) is 0 Å².